The van der Waals surface area contributed by atoms with Gasteiger partial charge in [0.1, 0.15) is 0 Å². The Morgan fingerprint density at radius 3 is 2.69 bits per heavy atom. The van der Waals surface area contributed by atoms with Crippen molar-refractivity contribution in [2.24, 2.45) is 0 Å². The second-order valence-electron chi connectivity index (χ2n) is 3.56. The van der Waals surface area contributed by atoms with Gasteiger partial charge in [0.25, 0.3) is 0 Å². The molecule has 0 aromatic carbocycles. The first-order valence-electron chi connectivity index (χ1n) is 4.89. The topological polar surface area (TPSA) is 26.3 Å². The summed E-state index contributed by atoms with van der Waals surface area (Å²) in [5, 5.41) is 0.703. The predicted molar refractivity (Wildman–Crippen MR) is 53.5 cm³/mol. The molecule has 1 atom stereocenters. The van der Waals surface area contributed by atoms with Crippen molar-refractivity contribution in [2.75, 3.05) is 0 Å². The van der Waals surface area contributed by atoms with E-state index in [1.165, 1.54) is 38.2 Å². The lowest BCUT2D eigenvalue weighted by molar-refractivity contribution is -0.135. The van der Waals surface area contributed by atoms with Crippen LogP contribution >= 0.6 is 11.8 Å². The van der Waals surface area contributed by atoms with Crippen molar-refractivity contribution in [1.29, 1.82) is 0 Å². The van der Waals surface area contributed by atoms with Gasteiger partial charge < -0.3 is 4.74 Å². The maximum Gasteiger partial charge on any atom is 0.332 e. The maximum absolute atomic E-state index is 10.8. The summed E-state index contributed by atoms with van der Waals surface area (Å²) in [6.07, 6.45) is 10.0. The van der Waals surface area contributed by atoms with Gasteiger partial charge >= 0.3 is 5.97 Å². The average Bonchev–Trinajstić information content (AvgIpc) is 2.53. The van der Waals surface area contributed by atoms with E-state index in [0.717, 1.165) is 0 Å². The van der Waals surface area contributed by atoms with Gasteiger partial charge in [-0.05, 0) is 18.9 Å². The smallest absolute Gasteiger partial charge is 0.332 e. The van der Waals surface area contributed by atoms with Crippen LogP contribution in [0, 0.1) is 0 Å². The molecule has 1 fully saturated rings. The predicted octanol–water partition coefficient (Wildman–Crippen LogP) is 2.49. The number of hydrogen-bond donors (Lipinski definition) is 0. The molecule has 2 aliphatic rings. The van der Waals surface area contributed by atoms with Crippen molar-refractivity contribution in [3.63, 3.8) is 0 Å². The summed E-state index contributed by atoms with van der Waals surface area (Å²) in [5.74, 6) is -0.187. The third-order valence-electron chi connectivity index (χ3n) is 2.50. The molecule has 72 valence electrons. The summed E-state index contributed by atoms with van der Waals surface area (Å²) in [4.78, 5) is 10.8. The lowest BCUT2D eigenvalue weighted by Crippen LogP contribution is -2.14. The van der Waals surface area contributed by atoms with E-state index < -0.39 is 0 Å². The molecule has 0 amide bonds. The highest BCUT2D eigenvalue weighted by Crippen LogP contribution is 2.33. The van der Waals surface area contributed by atoms with Crippen LogP contribution in [0.2, 0.25) is 0 Å². The van der Waals surface area contributed by atoms with Gasteiger partial charge in [0.05, 0.1) is 0 Å². The number of carbonyl (C=O) groups excluding carboxylic acids is 1. The summed E-state index contributed by atoms with van der Waals surface area (Å²) >= 11 is 1.80. The number of thioether (sulfide) groups is 1. The van der Waals surface area contributed by atoms with Gasteiger partial charge in [0.2, 0.25) is 0 Å². The molecular formula is C10H14O2S. The molecule has 1 aliphatic carbocycles. The number of hydrogen-bond acceptors (Lipinski definition) is 3. The Hall–Kier alpha value is -0.440. The first-order valence-corrected chi connectivity index (χ1v) is 5.83. The minimum Gasteiger partial charge on any atom is -0.444 e. The van der Waals surface area contributed by atoms with Crippen molar-refractivity contribution in [1.82, 2.24) is 0 Å². The third-order valence-corrected chi connectivity index (χ3v) is 3.88. The molecule has 0 aromatic heterocycles. The molecule has 0 N–H and O–H groups in total. The average molecular weight is 198 g/mol. The molecule has 1 unspecified atom stereocenters. The fourth-order valence-corrected chi connectivity index (χ4v) is 3.12. The monoisotopic (exact) mass is 198 g/mol. The second-order valence-corrected chi connectivity index (χ2v) is 4.96. The number of ether oxygens (including phenoxy) is 1. The molecular weight excluding hydrogens is 184 g/mol. The van der Waals surface area contributed by atoms with Crippen molar-refractivity contribution < 1.29 is 9.53 Å². The van der Waals surface area contributed by atoms with E-state index in [1.54, 1.807) is 11.8 Å². The SMILES string of the molecule is O=C1C=CC(SC2CCCCC2)O1. The summed E-state index contributed by atoms with van der Waals surface area (Å²) in [7, 11) is 0. The summed E-state index contributed by atoms with van der Waals surface area (Å²) in [6, 6.07) is 0. The van der Waals surface area contributed by atoms with E-state index in [0.29, 0.717) is 5.25 Å². The Morgan fingerprint density at radius 1 is 1.31 bits per heavy atom. The summed E-state index contributed by atoms with van der Waals surface area (Å²) < 4.78 is 5.08. The number of carbonyl (C=O) groups is 1. The van der Waals surface area contributed by atoms with Crippen LogP contribution in [0.1, 0.15) is 32.1 Å². The fourth-order valence-electron chi connectivity index (χ4n) is 1.81. The van der Waals surface area contributed by atoms with E-state index in [-0.39, 0.29) is 11.4 Å². The van der Waals surface area contributed by atoms with Crippen LogP contribution in [0.4, 0.5) is 0 Å². The van der Waals surface area contributed by atoms with E-state index in [4.69, 9.17) is 4.74 Å². The van der Waals surface area contributed by atoms with E-state index in [9.17, 15) is 4.79 Å². The highest BCUT2D eigenvalue weighted by Gasteiger charge is 2.22. The molecule has 0 bridgehead atoms. The highest BCUT2D eigenvalue weighted by atomic mass is 32.2. The maximum atomic E-state index is 10.8. The van der Waals surface area contributed by atoms with Crippen LogP contribution in [0.3, 0.4) is 0 Å². The Kier molecular flexibility index (Phi) is 2.94. The Balaban J connectivity index is 1.77. The molecule has 2 rings (SSSR count). The minimum absolute atomic E-state index is 0.00407. The lowest BCUT2D eigenvalue weighted by Gasteiger charge is -2.22. The highest BCUT2D eigenvalue weighted by molar-refractivity contribution is 8.00. The Morgan fingerprint density at radius 2 is 2.08 bits per heavy atom. The van der Waals surface area contributed by atoms with Crippen molar-refractivity contribution >= 4 is 17.7 Å². The Bertz CT molecular complexity index is 219. The first kappa shape index (κ1) is 9.13. The molecule has 1 heterocycles. The molecule has 0 radical (unpaired) electrons. The normalized spacial score (nSPS) is 29.2. The van der Waals surface area contributed by atoms with Crippen molar-refractivity contribution in [3.05, 3.63) is 12.2 Å². The van der Waals surface area contributed by atoms with Crippen LogP contribution < -0.4 is 0 Å². The van der Waals surface area contributed by atoms with Crippen LogP contribution in [-0.2, 0) is 9.53 Å². The lowest BCUT2D eigenvalue weighted by atomic mass is 10.0. The van der Waals surface area contributed by atoms with Gasteiger partial charge in [-0.25, -0.2) is 4.79 Å². The fraction of sp³-hybridized carbons (Fsp3) is 0.700. The Labute approximate surface area is 82.7 Å². The zero-order valence-electron chi connectivity index (χ0n) is 7.57. The van der Waals surface area contributed by atoms with E-state index in [1.807, 2.05) is 6.08 Å². The molecule has 1 aliphatic heterocycles. The van der Waals surface area contributed by atoms with Crippen LogP contribution in [0.25, 0.3) is 0 Å². The van der Waals surface area contributed by atoms with Crippen LogP contribution in [0.15, 0.2) is 12.2 Å². The molecule has 0 aromatic rings. The number of esters is 1. The standard InChI is InChI=1S/C10H14O2S/c11-9-6-7-10(12-9)13-8-4-2-1-3-5-8/h6-8,10H,1-5H2. The third kappa shape index (κ3) is 2.50. The summed E-state index contributed by atoms with van der Waals surface area (Å²) in [6.45, 7) is 0. The van der Waals surface area contributed by atoms with Gasteiger partial charge in [-0.15, -0.1) is 11.8 Å². The van der Waals surface area contributed by atoms with Crippen molar-refractivity contribution in [3.8, 4) is 0 Å². The zero-order chi connectivity index (χ0) is 9.10. The van der Waals surface area contributed by atoms with E-state index >= 15 is 0 Å². The zero-order valence-corrected chi connectivity index (χ0v) is 8.39. The van der Waals surface area contributed by atoms with Gasteiger partial charge in [0, 0.05) is 11.3 Å². The molecule has 0 spiro atoms. The molecule has 3 heteroatoms. The minimum atomic E-state index is -0.187. The largest absolute Gasteiger partial charge is 0.444 e. The molecule has 0 saturated heterocycles. The quantitative estimate of drug-likeness (QED) is 0.638. The number of rotatable bonds is 2. The molecule has 13 heavy (non-hydrogen) atoms. The van der Waals surface area contributed by atoms with Gasteiger partial charge in [-0.2, -0.15) is 0 Å². The summed E-state index contributed by atoms with van der Waals surface area (Å²) in [5.41, 5.74) is -0.00407. The van der Waals surface area contributed by atoms with Crippen molar-refractivity contribution in [2.45, 2.75) is 42.8 Å². The van der Waals surface area contributed by atoms with Crippen LogP contribution in [0.5, 0.6) is 0 Å². The molecule has 2 nitrogen and oxygen atoms in total. The van der Waals surface area contributed by atoms with Gasteiger partial charge in [0.15, 0.2) is 5.44 Å². The van der Waals surface area contributed by atoms with Crippen LogP contribution in [-0.4, -0.2) is 16.7 Å². The first-order chi connectivity index (χ1) is 6.34. The van der Waals surface area contributed by atoms with Gasteiger partial charge in [-0.1, -0.05) is 19.3 Å². The number of cyclic esters (lactones) is 1. The second kappa shape index (κ2) is 4.18. The van der Waals surface area contributed by atoms with E-state index in [2.05, 4.69) is 0 Å². The molecule has 1 saturated carbocycles. The van der Waals surface area contributed by atoms with Gasteiger partial charge in [-0.3, -0.25) is 0 Å².